The van der Waals surface area contributed by atoms with Gasteiger partial charge in [0, 0.05) is 24.4 Å². The van der Waals surface area contributed by atoms with E-state index in [4.69, 9.17) is 0 Å². The van der Waals surface area contributed by atoms with Crippen molar-refractivity contribution >= 4 is 33.0 Å². The molecule has 0 heterocycles. The van der Waals surface area contributed by atoms with Gasteiger partial charge in [0.1, 0.15) is 0 Å². The molecule has 1 atom stereocenters. The summed E-state index contributed by atoms with van der Waals surface area (Å²) < 4.78 is 0. The average molecular weight is 396 g/mol. The predicted octanol–water partition coefficient (Wildman–Crippen LogP) is 7.35. The Balaban J connectivity index is 0.00000392. The molecular formula is C25H41LiOP. The number of carbonyl (C=O) groups excluding carboxylic acids is 1. The van der Waals surface area contributed by atoms with E-state index in [2.05, 4.69) is 74.4 Å². The summed E-state index contributed by atoms with van der Waals surface area (Å²) in [5.74, 6) is 0. The number of hydrogen-bond donors (Lipinski definition) is 0. The van der Waals surface area contributed by atoms with E-state index in [1.54, 1.807) is 0 Å². The molecule has 0 amide bonds. The van der Waals surface area contributed by atoms with E-state index in [0.29, 0.717) is 19.8 Å². The first-order valence-electron chi connectivity index (χ1n) is 10.7. The molecule has 1 radical (unpaired) electrons. The van der Waals surface area contributed by atoms with E-state index in [0.717, 1.165) is 5.56 Å². The van der Waals surface area contributed by atoms with Gasteiger partial charge in [0.15, 0.2) is 5.52 Å². The molecule has 2 rings (SSSR count). The average Bonchev–Trinajstić information content (AvgIpc) is 2.52. The number of carbonyl (C=O) groups is 1. The monoisotopic (exact) mass is 395 g/mol. The first kappa shape index (κ1) is 26.0. The molecule has 1 nitrogen and oxygen atoms in total. The minimum Gasteiger partial charge on any atom is -0.289 e. The molecule has 1 aliphatic carbocycles. The first-order valence-corrected chi connectivity index (χ1v) is 11.8. The van der Waals surface area contributed by atoms with E-state index in [-0.39, 0.29) is 35.1 Å². The summed E-state index contributed by atoms with van der Waals surface area (Å²) in [6, 6.07) is 4.65. The third-order valence-electron chi connectivity index (χ3n) is 5.79. The maximum atomic E-state index is 13.6. The second kappa shape index (κ2) is 9.37. The minimum atomic E-state index is -0.0384. The molecule has 3 heteroatoms. The van der Waals surface area contributed by atoms with Crippen LogP contribution in [-0.2, 0) is 16.2 Å². The van der Waals surface area contributed by atoms with Gasteiger partial charge in [-0.15, -0.1) is 0 Å². The molecule has 1 saturated carbocycles. The zero-order chi connectivity index (χ0) is 20.6. The van der Waals surface area contributed by atoms with Crippen LogP contribution in [0.25, 0.3) is 0 Å². The van der Waals surface area contributed by atoms with E-state index in [1.807, 2.05) is 0 Å². The van der Waals surface area contributed by atoms with Crippen molar-refractivity contribution in [3.05, 3.63) is 34.4 Å². The normalized spacial score (nSPS) is 17.0. The maximum Gasteiger partial charge on any atom is 0.181 e. The molecule has 1 fully saturated rings. The summed E-state index contributed by atoms with van der Waals surface area (Å²) in [5.41, 5.74) is 5.87. The van der Waals surface area contributed by atoms with Crippen LogP contribution in [0.1, 0.15) is 121 Å². The van der Waals surface area contributed by atoms with Crippen molar-refractivity contribution in [1.82, 2.24) is 0 Å². The van der Waals surface area contributed by atoms with Crippen LogP contribution in [-0.4, -0.2) is 30.0 Å². The van der Waals surface area contributed by atoms with Crippen LogP contribution in [0.2, 0.25) is 0 Å². The molecule has 1 aliphatic rings. The Morgan fingerprint density at radius 2 is 1.21 bits per heavy atom. The molecule has 28 heavy (non-hydrogen) atoms. The number of rotatable bonds is 3. The van der Waals surface area contributed by atoms with E-state index in [1.165, 1.54) is 48.8 Å². The van der Waals surface area contributed by atoms with Crippen molar-refractivity contribution in [2.24, 2.45) is 0 Å². The van der Waals surface area contributed by atoms with Crippen LogP contribution in [0, 0.1) is 0 Å². The Morgan fingerprint density at radius 1 is 0.786 bits per heavy atom. The van der Waals surface area contributed by atoms with Gasteiger partial charge in [-0.3, -0.25) is 4.79 Å². The van der Waals surface area contributed by atoms with Crippen molar-refractivity contribution in [3.8, 4) is 0 Å². The molecule has 1 aromatic rings. The summed E-state index contributed by atoms with van der Waals surface area (Å²) in [6.07, 6.45) is 6.41. The van der Waals surface area contributed by atoms with Crippen LogP contribution >= 0.6 is 8.58 Å². The van der Waals surface area contributed by atoms with Gasteiger partial charge < -0.3 is 0 Å². The van der Waals surface area contributed by atoms with Gasteiger partial charge in [-0.25, -0.2) is 0 Å². The summed E-state index contributed by atoms with van der Waals surface area (Å²) >= 11 is 0. The standard InChI is InChI=1S/C25H41OP.Li/c1-23(2,3)17-15-19(24(4,5)6)21(20(16-17)25(7,8)9)22(26)27-18-13-11-10-12-14-18;/h15-16,18,27H,10-14H2,1-9H3;. The van der Waals surface area contributed by atoms with Crippen LogP contribution in [0.15, 0.2) is 12.1 Å². The van der Waals surface area contributed by atoms with Gasteiger partial charge in [0.05, 0.1) is 0 Å². The Kier molecular flexibility index (Phi) is 8.69. The fourth-order valence-electron chi connectivity index (χ4n) is 4.01. The van der Waals surface area contributed by atoms with Gasteiger partial charge in [0.25, 0.3) is 0 Å². The van der Waals surface area contributed by atoms with Gasteiger partial charge >= 0.3 is 0 Å². The van der Waals surface area contributed by atoms with E-state index >= 15 is 0 Å². The van der Waals surface area contributed by atoms with Crippen LogP contribution in [0.4, 0.5) is 0 Å². The maximum absolute atomic E-state index is 13.6. The first-order chi connectivity index (χ1) is 12.2. The van der Waals surface area contributed by atoms with Gasteiger partial charge in [-0.1, -0.05) is 93.7 Å². The topological polar surface area (TPSA) is 17.1 Å². The fraction of sp³-hybridized carbons (Fsp3) is 0.720. The second-order valence-corrected chi connectivity index (χ2v) is 13.1. The smallest absolute Gasteiger partial charge is 0.181 e. The number of hydrogen-bond acceptors (Lipinski definition) is 1. The van der Waals surface area contributed by atoms with E-state index in [9.17, 15) is 4.79 Å². The van der Waals surface area contributed by atoms with Crippen LogP contribution in [0.3, 0.4) is 0 Å². The summed E-state index contributed by atoms with van der Waals surface area (Å²) in [6.45, 7) is 20.3. The van der Waals surface area contributed by atoms with Gasteiger partial charge in [-0.2, -0.15) is 0 Å². The largest absolute Gasteiger partial charge is 0.289 e. The molecule has 0 spiro atoms. The van der Waals surface area contributed by atoms with Gasteiger partial charge in [0.2, 0.25) is 0 Å². The molecule has 1 unspecified atom stereocenters. The fourth-order valence-corrected chi connectivity index (χ4v) is 5.49. The number of benzene rings is 1. The Labute approximate surface area is 188 Å². The molecule has 0 saturated heterocycles. The quantitative estimate of drug-likeness (QED) is 0.386. The zero-order valence-corrected chi connectivity index (χ0v) is 21.2. The predicted molar refractivity (Wildman–Crippen MR) is 128 cm³/mol. The second-order valence-electron chi connectivity index (χ2n) is 11.5. The Hall–Kier alpha value is -0.0826. The van der Waals surface area contributed by atoms with Crippen molar-refractivity contribution in [2.45, 2.75) is 116 Å². The van der Waals surface area contributed by atoms with Crippen LogP contribution in [0.5, 0.6) is 0 Å². The van der Waals surface area contributed by atoms with Crippen molar-refractivity contribution < 1.29 is 4.79 Å². The molecule has 0 aliphatic heterocycles. The van der Waals surface area contributed by atoms with Crippen molar-refractivity contribution in [2.75, 3.05) is 0 Å². The van der Waals surface area contributed by atoms with Crippen molar-refractivity contribution in [3.63, 3.8) is 0 Å². The molecule has 153 valence electrons. The third-order valence-corrected chi connectivity index (χ3v) is 7.29. The summed E-state index contributed by atoms with van der Waals surface area (Å²) in [4.78, 5) is 13.6. The van der Waals surface area contributed by atoms with Crippen LogP contribution < -0.4 is 0 Å². The summed E-state index contributed by atoms with van der Waals surface area (Å²) in [5, 5.41) is 0. The van der Waals surface area contributed by atoms with Crippen molar-refractivity contribution in [1.29, 1.82) is 0 Å². The molecule has 0 aromatic heterocycles. The Bertz CT molecular complexity index is 645. The molecule has 0 bridgehead atoms. The summed E-state index contributed by atoms with van der Waals surface area (Å²) in [7, 11) is 0.428. The molecular weight excluding hydrogens is 354 g/mol. The SMILES string of the molecule is CC(C)(C)c1cc(C(C)(C)C)c(C(=O)PC2CCCCC2)c(C(C)(C)C)c1.[Li]. The third kappa shape index (κ3) is 6.46. The Morgan fingerprint density at radius 3 is 1.57 bits per heavy atom. The minimum absolute atomic E-state index is 0. The molecule has 0 N–H and O–H groups in total. The zero-order valence-electron chi connectivity index (χ0n) is 20.2. The van der Waals surface area contributed by atoms with E-state index < -0.39 is 0 Å². The van der Waals surface area contributed by atoms with Gasteiger partial charge in [-0.05, 0) is 60.0 Å². The molecule has 1 aromatic carbocycles.